The van der Waals surface area contributed by atoms with Crippen molar-refractivity contribution in [1.82, 2.24) is 5.32 Å². The van der Waals surface area contributed by atoms with Crippen LogP contribution < -0.4 is 5.32 Å². The fourth-order valence-corrected chi connectivity index (χ4v) is 1.76. The van der Waals surface area contributed by atoms with Gasteiger partial charge in [0.05, 0.1) is 6.61 Å². The molecule has 13 heavy (non-hydrogen) atoms. The molecule has 0 aromatic rings. The highest BCUT2D eigenvalue weighted by Crippen LogP contribution is 2.05. The second-order valence-corrected chi connectivity index (χ2v) is 3.93. The van der Waals surface area contributed by atoms with Gasteiger partial charge in [0.25, 0.3) is 0 Å². The zero-order valence-electron chi connectivity index (χ0n) is 8.85. The third kappa shape index (κ3) is 5.27. The molecule has 0 saturated carbocycles. The maximum atomic E-state index is 5.60. The highest BCUT2D eigenvalue weighted by atomic mass is 16.5. The SMILES string of the molecule is CCCCCCOC[C@@H]1CCCN1. The van der Waals surface area contributed by atoms with Gasteiger partial charge < -0.3 is 10.1 Å². The lowest BCUT2D eigenvalue weighted by molar-refractivity contribution is 0.112. The first-order chi connectivity index (χ1) is 6.43. The van der Waals surface area contributed by atoms with Crippen molar-refractivity contribution in [1.29, 1.82) is 0 Å². The standard InChI is InChI=1S/C11H23NO/c1-2-3-4-5-9-13-10-11-7-6-8-12-11/h11-12H,2-10H2,1H3/t11-/m0/s1. The van der Waals surface area contributed by atoms with E-state index in [4.69, 9.17) is 4.74 Å². The van der Waals surface area contributed by atoms with Gasteiger partial charge >= 0.3 is 0 Å². The minimum atomic E-state index is 0.645. The van der Waals surface area contributed by atoms with Crippen LogP contribution in [-0.4, -0.2) is 25.8 Å². The monoisotopic (exact) mass is 185 g/mol. The van der Waals surface area contributed by atoms with Crippen LogP contribution in [0.4, 0.5) is 0 Å². The summed E-state index contributed by atoms with van der Waals surface area (Å²) in [6.45, 7) is 5.30. The highest BCUT2D eigenvalue weighted by molar-refractivity contribution is 4.73. The van der Waals surface area contributed by atoms with E-state index in [2.05, 4.69) is 12.2 Å². The molecule has 1 saturated heterocycles. The number of hydrogen-bond donors (Lipinski definition) is 1. The summed E-state index contributed by atoms with van der Waals surface area (Å²) >= 11 is 0. The minimum Gasteiger partial charge on any atom is -0.380 e. The Morgan fingerprint density at radius 1 is 1.31 bits per heavy atom. The van der Waals surface area contributed by atoms with Crippen molar-refractivity contribution in [3.8, 4) is 0 Å². The van der Waals surface area contributed by atoms with Gasteiger partial charge in [-0.05, 0) is 25.8 Å². The summed E-state index contributed by atoms with van der Waals surface area (Å²) in [5.74, 6) is 0. The van der Waals surface area contributed by atoms with Crippen molar-refractivity contribution < 1.29 is 4.74 Å². The molecule has 1 aliphatic rings. The first-order valence-corrected chi connectivity index (χ1v) is 5.74. The molecule has 1 atom stereocenters. The Balaban J connectivity index is 1.78. The molecular weight excluding hydrogens is 162 g/mol. The molecule has 1 N–H and O–H groups in total. The molecule has 1 aliphatic heterocycles. The summed E-state index contributed by atoms with van der Waals surface area (Å²) < 4.78 is 5.60. The van der Waals surface area contributed by atoms with Crippen LogP contribution in [0.25, 0.3) is 0 Å². The third-order valence-corrected chi connectivity index (χ3v) is 2.62. The Morgan fingerprint density at radius 3 is 2.92 bits per heavy atom. The van der Waals surface area contributed by atoms with E-state index in [-0.39, 0.29) is 0 Å². The van der Waals surface area contributed by atoms with Crippen molar-refractivity contribution in [3.63, 3.8) is 0 Å². The van der Waals surface area contributed by atoms with Crippen LogP contribution in [-0.2, 0) is 4.74 Å². The van der Waals surface area contributed by atoms with E-state index in [0.29, 0.717) is 6.04 Å². The molecule has 0 aromatic heterocycles. The summed E-state index contributed by atoms with van der Waals surface area (Å²) in [4.78, 5) is 0. The highest BCUT2D eigenvalue weighted by Gasteiger charge is 2.12. The van der Waals surface area contributed by atoms with E-state index >= 15 is 0 Å². The van der Waals surface area contributed by atoms with E-state index in [0.717, 1.165) is 13.2 Å². The van der Waals surface area contributed by atoms with Gasteiger partial charge in [0.15, 0.2) is 0 Å². The van der Waals surface area contributed by atoms with Crippen LogP contribution in [0.5, 0.6) is 0 Å². The van der Waals surface area contributed by atoms with E-state index < -0.39 is 0 Å². The number of ether oxygens (including phenoxy) is 1. The molecule has 2 nitrogen and oxygen atoms in total. The van der Waals surface area contributed by atoms with Gasteiger partial charge in [0.1, 0.15) is 0 Å². The van der Waals surface area contributed by atoms with Gasteiger partial charge in [-0.2, -0.15) is 0 Å². The molecule has 78 valence electrons. The average molecular weight is 185 g/mol. The molecule has 0 aromatic carbocycles. The van der Waals surface area contributed by atoms with Gasteiger partial charge in [0.2, 0.25) is 0 Å². The molecule has 1 rings (SSSR count). The zero-order valence-corrected chi connectivity index (χ0v) is 8.85. The average Bonchev–Trinajstić information content (AvgIpc) is 2.63. The van der Waals surface area contributed by atoms with Gasteiger partial charge in [-0.15, -0.1) is 0 Å². The van der Waals surface area contributed by atoms with Crippen molar-refractivity contribution in [2.75, 3.05) is 19.8 Å². The van der Waals surface area contributed by atoms with Crippen molar-refractivity contribution in [3.05, 3.63) is 0 Å². The largest absolute Gasteiger partial charge is 0.380 e. The molecule has 0 aliphatic carbocycles. The Hall–Kier alpha value is -0.0800. The fraction of sp³-hybridized carbons (Fsp3) is 1.00. The van der Waals surface area contributed by atoms with Gasteiger partial charge in [-0.3, -0.25) is 0 Å². The number of unbranched alkanes of at least 4 members (excludes halogenated alkanes) is 3. The maximum absolute atomic E-state index is 5.60. The summed E-state index contributed by atoms with van der Waals surface area (Å²) in [5, 5.41) is 3.43. The lowest BCUT2D eigenvalue weighted by Gasteiger charge is -2.10. The Bertz CT molecular complexity index is 111. The molecule has 0 bridgehead atoms. The normalized spacial score (nSPS) is 22.4. The minimum absolute atomic E-state index is 0.645. The summed E-state index contributed by atoms with van der Waals surface area (Å²) in [6.07, 6.45) is 7.85. The Kier molecular flexibility index (Phi) is 6.21. The summed E-state index contributed by atoms with van der Waals surface area (Å²) in [6, 6.07) is 0.645. The van der Waals surface area contributed by atoms with Gasteiger partial charge in [0, 0.05) is 12.6 Å². The van der Waals surface area contributed by atoms with Crippen molar-refractivity contribution in [2.24, 2.45) is 0 Å². The summed E-state index contributed by atoms with van der Waals surface area (Å²) in [5.41, 5.74) is 0. The van der Waals surface area contributed by atoms with E-state index in [1.165, 1.54) is 45.1 Å². The van der Waals surface area contributed by atoms with Crippen LogP contribution in [0.15, 0.2) is 0 Å². The van der Waals surface area contributed by atoms with Gasteiger partial charge in [-0.25, -0.2) is 0 Å². The second-order valence-electron chi connectivity index (χ2n) is 3.93. The van der Waals surface area contributed by atoms with Crippen LogP contribution in [0.1, 0.15) is 45.4 Å². The predicted molar refractivity (Wildman–Crippen MR) is 56.0 cm³/mol. The lowest BCUT2D eigenvalue weighted by atomic mass is 10.2. The first kappa shape index (κ1) is 11.0. The van der Waals surface area contributed by atoms with Crippen LogP contribution in [0.2, 0.25) is 0 Å². The molecule has 1 fully saturated rings. The van der Waals surface area contributed by atoms with Crippen LogP contribution >= 0.6 is 0 Å². The molecule has 0 radical (unpaired) electrons. The number of nitrogens with one attached hydrogen (secondary N) is 1. The molecule has 0 unspecified atom stereocenters. The Labute approximate surface area is 82.0 Å². The van der Waals surface area contributed by atoms with Crippen molar-refractivity contribution in [2.45, 2.75) is 51.5 Å². The Morgan fingerprint density at radius 2 is 2.23 bits per heavy atom. The van der Waals surface area contributed by atoms with E-state index in [1.54, 1.807) is 0 Å². The van der Waals surface area contributed by atoms with E-state index in [1.807, 2.05) is 0 Å². The summed E-state index contributed by atoms with van der Waals surface area (Å²) in [7, 11) is 0. The molecule has 0 amide bonds. The number of rotatable bonds is 7. The molecule has 0 spiro atoms. The zero-order chi connectivity index (χ0) is 9.36. The van der Waals surface area contributed by atoms with Crippen LogP contribution in [0.3, 0.4) is 0 Å². The fourth-order valence-electron chi connectivity index (χ4n) is 1.76. The van der Waals surface area contributed by atoms with Crippen molar-refractivity contribution >= 4 is 0 Å². The predicted octanol–water partition coefficient (Wildman–Crippen LogP) is 2.34. The molecule has 1 heterocycles. The third-order valence-electron chi connectivity index (χ3n) is 2.62. The van der Waals surface area contributed by atoms with E-state index in [9.17, 15) is 0 Å². The maximum Gasteiger partial charge on any atom is 0.0619 e. The smallest absolute Gasteiger partial charge is 0.0619 e. The topological polar surface area (TPSA) is 21.3 Å². The lowest BCUT2D eigenvalue weighted by Crippen LogP contribution is -2.26. The van der Waals surface area contributed by atoms with Gasteiger partial charge in [-0.1, -0.05) is 26.2 Å². The molecule has 2 heteroatoms. The first-order valence-electron chi connectivity index (χ1n) is 5.74. The molecular formula is C11H23NO. The van der Waals surface area contributed by atoms with Crippen LogP contribution in [0, 0.1) is 0 Å². The second kappa shape index (κ2) is 7.34. The quantitative estimate of drug-likeness (QED) is 0.615. The number of hydrogen-bond acceptors (Lipinski definition) is 2.